The molecule has 4 aromatic rings. The number of hydrogen-bond acceptors (Lipinski definition) is 6. The molecular weight excluding hydrogens is 422 g/mol. The van der Waals surface area contributed by atoms with Crippen LogP contribution in [0.25, 0.3) is 0 Å². The summed E-state index contributed by atoms with van der Waals surface area (Å²) < 4.78 is 10.9. The van der Waals surface area contributed by atoms with Crippen LogP contribution in [0.1, 0.15) is 33.2 Å². The molecule has 7 heteroatoms. The zero-order valence-electron chi connectivity index (χ0n) is 17.7. The molecular formula is C25H23N3O3S. The van der Waals surface area contributed by atoms with Gasteiger partial charge in [-0.3, -0.25) is 4.79 Å². The third-order valence-corrected chi connectivity index (χ3v) is 5.74. The van der Waals surface area contributed by atoms with Crippen molar-refractivity contribution >= 4 is 17.7 Å². The molecule has 1 heterocycles. The van der Waals surface area contributed by atoms with E-state index < -0.39 is 0 Å². The molecule has 0 radical (unpaired) electrons. The number of hydrogen-bond donors (Lipinski definition) is 1. The summed E-state index contributed by atoms with van der Waals surface area (Å²) in [6.45, 7) is 2.73. The fourth-order valence-corrected chi connectivity index (χ4v) is 3.92. The summed E-state index contributed by atoms with van der Waals surface area (Å²) in [4.78, 5) is 17.9. The molecule has 0 spiro atoms. The van der Waals surface area contributed by atoms with Crippen molar-refractivity contribution in [2.75, 3.05) is 0 Å². The van der Waals surface area contributed by atoms with Crippen molar-refractivity contribution < 1.29 is 14.1 Å². The molecule has 4 rings (SSSR count). The minimum atomic E-state index is -0.119. The second-order valence-corrected chi connectivity index (χ2v) is 8.14. The van der Waals surface area contributed by atoms with Gasteiger partial charge in [0.25, 0.3) is 5.91 Å². The Balaban J connectivity index is 1.30. The number of amides is 1. The minimum Gasteiger partial charge on any atom is -0.489 e. The van der Waals surface area contributed by atoms with Gasteiger partial charge in [0.15, 0.2) is 5.82 Å². The molecule has 0 atom stereocenters. The van der Waals surface area contributed by atoms with Crippen LogP contribution in [0.2, 0.25) is 0 Å². The van der Waals surface area contributed by atoms with Gasteiger partial charge in [-0.15, -0.1) is 11.8 Å². The fraction of sp³-hybridized carbons (Fsp3) is 0.160. The second kappa shape index (κ2) is 10.6. The molecule has 0 saturated carbocycles. The maximum atomic E-state index is 12.8. The molecule has 1 N–H and O–H groups in total. The highest BCUT2D eigenvalue weighted by Gasteiger charge is 2.13. The van der Waals surface area contributed by atoms with E-state index in [1.165, 1.54) is 11.8 Å². The zero-order chi connectivity index (χ0) is 22.2. The van der Waals surface area contributed by atoms with E-state index in [0.717, 1.165) is 21.8 Å². The van der Waals surface area contributed by atoms with E-state index in [2.05, 4.69) is 15.5 Å². The lowest BCUT2D eigenvalue weighted by atomic mass is 10.1. The predicted molar refractivity (Wildman–Crippen MR) is 123 cm³/mol. The SMILES string of the molecule is Cc1noc(CSc2ccccc2C(=O)NCc2ccc(COc3ccccc3)cc2)n1. The Bertz CT molecular complexity index is 1160. The van der Waals surface area contributed by atoms with Gasteiger partial charge in [0.2, 0.25) is 5.89 Å². The Morgan fingerprint density at radius 2 is 1.69 bits per heavy atom. The molecule has 0 saturated heterocycles. The van der Waals surface area contributed by atoms with Crippen LogP contribution >= 0.6 is 11.8 Å². The first-order valence-corrected chi connectivity index (χ1v) is 11.2. The molecule has 32 heavy (non-hydrogen) atoms. The van der Waals surface area contributed by atoms with E-state index in [1.807, 2.05) is 78.9 Å². The fourth-order valence-electron chi connectivity index (χ4n) is 3.03. The first-order chi connectivity index (χ1) is 15.7. The third kappa shape index (κ3) is 5.98. The Hall–Kier alpha value is -3.58. The smallest absolute Gasteiger partial charge is 0.252 e. The van der Waals surface area contributed by atoms with Crippen LogP contribution in [0.3, 0.4) is 0 Å². The first-order valence-electron chi connectivity index (χ1n) is 10.2. The average molecular weight is 446 g/mol. The molecule has 0 unspecified atom stereocenters. The van der Waals surface area contributed by atoms with Crippen LogP contribution in [-0.4, -0.2) is 16.0 Å². The van der Waals surface area contributed by atoms with Crippen LogP contribution in [0.15, 0.2) is 88.3 Å². The van der Waals surface area contributed by atoms with E-state index >= 15 is 0 Å². The van der Waals surface area contributed by atoms with Gasteiger partial charge in [-0.1, -0.05) is 59.8 Å². The van der Waals surface area contributed by atoms with Crippen molar-refractivity contribution in [3.8, 4) is 5.75 Å². The zero-order valence-corrected chi connectivity index (χ0v) is 18.5. The number of nitrogens with zero attached hydrogens (tertiary/aromatic N) is 2. The summed E-state index contributed by atoms with van der Waals surface area (Å²) in [6, 6.07) is 25.3. The molecule has 0 aliphatic carbocycles. The topological polar surface area (TPSA) is 77.2 Å². The highest BCUT2D eigenvalue weighted by Crippen LogP contribution is 2.26. The third-order valence-electron chi connectivity index (χ3n) is 4.68. The summed E-state index contributed by atoms with van der Waals surface area (Å²) in [5.74, 6) is 2.38. The standard InChI is InChI=1S/C25H23N3O3S/c1-18-27-24(31-28-18)17-32-23-10-6-5-9-22(23)25(29)26-15-19-11-13-20(14-12-19)16-30-21-7-3-2-4-8-21/h2-14H,15-17H2,1H3,(H,26,29). The number of aromatic nitrogens is 2. The number of para-hydroxylation sites is 1. The number of carbonyl (C=O) groups is 1. The summed E-state index contributed by atoms with van der Waals surface area (Å²) in [6.07, 6.45) is 0. The average Bonchev–Trinajstić information content (AvgIpc) is 3.26. The number of thioether (sulfide) groups is 1. The van der Waals surface area contributed by atoms with E-state index in [9.17, 15) is 4.79 Å². The van der Waals surface area contributed by atoms with E-state index in [1.54, 1.807) is 6.92 Å². The number of nitrogens with one attached hydrogen (secondary N) is 1. The highest BCUT2D eigenvalue weighted by molar-refractivity contribution is 7.98. The van der Waals surface area contributed by atoms with Gasteiger partial charge < -0.3 is 14.6 Å². The normalized spacial score (nSPS) is 10.7. The number of carbonyl (C=O) groups excluding carboxylic acids is 1. The van der Waals surface area contributed by atoms with Gasteiger partial charge in [0.1, 0.15) is 12.4 Å². The van der Waals surface area contributed by atoms with Crippen LogP contribution < -0.4 is 10.1 Å². The Labute approximate surface area is 191 Å². The number of rotatable bonds is 9. The summed E-state index contributed by atoms with van der Waals surface area (Å²) in [5, 5.41) is 6.80. The highest BCUT2D eigenvalue weighted by atomic mass is 32.2. The second-order valence-electron chi connectivity index (χ2n) is 7.12. The van der Waals surface area contributed by atoms with Crippen molar-refractivity contribution in [2.45, 2.75) is 30.7 Å². The largest absolute Gasteiger partial charge is 0.489 e. The van der Waals surface area contributed by atoms with Crippen LogP contribution in [0, 0.1) is 6.92 Å². The molecule has 3 aromatic carbocycles. The molecule has 1 amide bonds. The molecule has 0 fully saturated rings. The van der Waals surface area contributed by atoms with Gasteiger partial charge in [-0.05, 0) is 42.3 Å². The van der Waals surface area contributed by atoms with Crippen LogP contribution in [-0.2, 0) is 18.9 Å². The first kappa shape index (κ1) is 21.6. The van der Waals surface area contributed by atoms with Gasteiger partial charge in [0.05, 0.1) is 11.3 Å². The van der Waals surface area contributed by atoms with Gasteiger partial charge in [-0.25, -0.2) is 0 Å². The summed E-state index contributed by atoms with van der Waals surface area (Å²) >= 11 is 1.50. The van der Waals surface area contributed by atoms with Gasteiger partial charge in [-0.2, -0.15) is 4.98 Å². The minimum absolute atomic E-state index is 0.119. The summed E-state index contributed by atoms with van der Waals surface area (Å²) in [5.41, 5.74) is 2.72. The van der Waals surface area contributed by atoms with Crippen molar-refractivity contribution in [3.63, 3.8) is 0 Å². The van der Waals surface area contributed by atoms with Gasteiger partial charge >= 0.3 is 0 Å². The van der Waals surface area contributed by atoms with Gasteiger partial charge in [0, 0.05) is 11.4 Å². The molecule has 6 nitrogen and oxygen atoms in total. The van der Waals surface area contributed by atoms with E-state index in [-0.39, 0.29) is 5.91 Å². The van der Waals surface area contributed by atoms with Crippen LogP contribution in [0.4, 0.5) is 0 Å². The lowest BCUT2D eigenvalue weighted by Gasteiger charge is -2.10. The van der Waals surface area contributed by atoms with Crippen LogP contribution in [0.5, 0.6) is 5.75 Å². The van der Waals surface area contributed by atoms with E-state index in [0.29, 0.717) is 36.2 Å². The lowest BCUT2D eigenvalue weighted by Crippen LogP contribution is -2.23. The Morgan fingerprint density at radius 3 is 2.44 bits per heavy atom. The predicted octanol–water partition coefficient (Wildman–Crippen LogP) is 5.18. The maximum absolute atomic E-state index is 12.8. The Morgan fingerprint density at radius 1 is 0.969 bits per heavy atom. The lowest BCUT2D eigenvalue weighted by molar-refractivity contribution is 0.0948. The number of benzene rings is 3. The molecule has 0 bridgehead atoms. The van der Waals surface area contributed by atoms with Crippen molar-refractivity contribution in [3.05, 3.63) is 107 Å². The quantitative estimate of drug-likeness (QED) is 0.358. The van der Waals surface area contributed by atoms with Crippen molar-refractivity contribution in [2.24, 2.45) is 0 Å². The Kier molecular flexibility index (Phi) is 7.19. The van der Waals surface area contributed by atoms with Crippen molar-refractivity contribution in [1.82, 2.24) is 15.5 Å². The number of ether oxygens (including phenoxy) is 1. The monoisotopic (exact) mass is 445 g/mol. The molecule has 162 valence electrons. The maximum Gasteiger partial charge on any atom is 0.252 e. The molecule has 1 aromatic heterocycles. The van der Waals surface area contributed by atoms with Crippen molar-refractivity contribution in [1.29, 1.82) is 0 Å². The molecule has 0 aliphatic heterocycles. The summed E-state index contributed by atoms with van der Waals surface area (Å²) in [7, 11) is 0. The van der Waals surface area contributed by atoms with E-state index in [4.69, 9.17) is 9.26 Å². The number of aryl methyl sites for hydroxylation is 1. The molecule has 0 aliphatic rings.